The van der Waals surface area contributed by atoms with Gasteiger partial charge in [0.05, 0.1) is 25.5 Å². The lowest BCUT2D eigenvalue weighted by atomic mass is 10.1. The molecule has 7 nitrogen and oxygen atoms in total. The summed E-state index contributed by atoms with van der Waals surface area (Å²) in [6, 6.07) is 17.3. The Kier molecular flexibility index (Phi) is 5.86. The Morgan fingerprint density at radius 1 is 0.966 bits per heavy atom. The van der Waals surface area contributed by atoms with Gasteiger partial charge < -0.3 is 9.64 Å². The first-order valence-electron chi connectivity index (χ1n) is 9.85. The highest BCUT2D eigenvalue weighted by Crippen LogP contribution is 2.28. The van der Waals surface area contributed by atoms with Gasteiger partial charge in [-0.1, -0.05) is 47.7 Å². The third kappa shape index (κ3) is 4.46. The summed E-state index contributed by atoms with van der Waals surface area (Å²) in [5, 5.41) is 8.17. The molecule has 1 saturated heterocycles. The van der Waals surface area contributed by atoms with Crippen molar-refractivity contribution in [2.24, 2.45) is 0 Å². The fourth-order valence-corrected chi connectivity index (χ4v) is 3.60. The van der Waals surface area contributed by atoms with Gasteiger partial charge >= 0.3 is 0 Å². The smallest absolute Gasteiger partial charge is 0.214 e. The van der Waals surface area contributed by atoms with Gasteiger partial charge in [-0.15, -0.1) is 5.10 Å². The standard InChI is InChI=1S/C22H25N5O2/c1-29-21-10-6-5-9-20(21)26-14-11-25(12-15-26)13-16-27-17-19(23-24-27)22(28)18-7-3-2-4-8-18/h2-10,17H,11-16H2,1H3. The molecule has 2 aromatic carbocycles. The summed E-state index contributed by atoms with van der Waals surface area (Å²) in [5.41, 5.74) is 2.17. The molecular weight excluding hydrogens is 366 g/mol. The van der Waals surface area contributed by atoms with Crippen molar-refractivity contribution in [3.05, 3.63) is 72.1 Å². The number of hydrogen-bond acceptors (Lipinski definition) is 6. The monoisotopic (exact) mass is 391 g/mol. The lowest BCUT2D eigenvalue weighted by molar-refractivity contribution is 0.103. The van der Waals surface area contributed by atoms with E-state index in [2.05, 4.69) is 26.2 Å². The van der Waals surface area contributed by atoms with Crippen molar-refractivity contribution in [1.29, 1.82) is 0 Å². The molecule has 0 bridgehead atoms. The maximum atomic E-state index is 12.4. The summed E-state index contributed by atoms with van der Waals surface area (Å²) in [6.45, 7) is 5.45. The van der Waals surface area contributed by atoms with E-state index in [1.807, 2.05) is 36.4 Å². The first-order valence-corrected chi connectivity index (χ1v) is 9.85. The number of aromatic nitrogens is 3. The highest BCUT2D eigenvalue weighted by molar-refractivity contribution is 6.07. The molecule has 0 N–H and O–H groups in total. The van der Waals surface area contributed by atoms with E-state index < -0.39 is 0 Å². The zero-order valence-corrected chi connectivity index (χ0v) is 16.6. The summed E-state index contributed by atoms with van der Waals surface area (Å²) >= 11 is 0. The minimum absolute atomic E-state index is 0.0951. The predicted octanol–water partition coefficient (Wildman–Crippen LogP) is 2.34. The van der Waals surface area contributed by atoms with Crippen LogP contribution in [-0.2, 0) is 6.54 Å². The van der Waals surface area contributed by atoms with Crippen LogP contribution < -0.4 is 9.64 Å². The molecule has 1 fully saturated rings. The van der Waals surface area contributed by atoms with Gasteiger partial charge in [0.25, 0.3) is 0 Å². The van der Waals surface area contributed by atoms with E-state index in [1.165, 1.54) is 0 Å². The second-order valence-corrected chi connectivity index (χ2v) is 7.06. The fraction of sp³-hybridized carbons (Fsp3) is 0.318. The lowest BCUT2D eigenvalue weighted by Gasteiger charge is -2.36. The van der Waals surface area contributed by atoms with Crippen LogP contribution >= 0.6 is 0 Å². The van der Waals surface area contributed by atoms with Crippen molar-refractivity contribution in [1.82, 2.24) is 19.9 Å². The number of carbonyl (C=O) groups excluding carboxylic acids is 1. The summed E-state index contributed by atoms with van der Waals surface area (Å²) < 4.78 is 7.24. The minimum atomic E-state index is -0.0951. The number of methoxy groups -OCH3 is 1. The molecule has 7 heteroatoms. The minimum Gasteiger partial charge on any atom is -0.495 e. The summed E-state index contributed by atoms with van der Waals surface area (Å²) in [6.07, 6.45) is 1.74. The fourth-order valence-electron chi connectivity index (χ4n) is 3.60. The molecule has 0 aliphatic carbocycles. The van der Waals surface area contributed by atoms with Crippen LogP contribution in [0.4, 0.5) is 5.69 Å². The van der Waals surface area contributed by atoms with Gasteiger partial charge in [-0.25, -0.2) is 0 Å². The Labute approximate surface area is 170 Å². The van der Waals surface area contributed by atoms with Gasteiger partial charge in [0.1, 0.15) is 5.75 Å². The molecule has 3 aromatic rings. The zero-order valence-electron chi connectivity index (χ0n) is 16.6. The number of para-hydroxylation sites is 2. The molecule has 29 heavy (non-hydrogen) atoms. The Hall–Kier alpha value is -3.19. The third-order valence-corrected chi connectivity index (χ3v) is 5.25. The number of piperazine rings is 1. The number of anilines is 1. The molecule has 0 radical (unpaired) electrons. The van der Waals surface area contributed by atoms with Crippen LogP contribution in [-0.4, -0.2) is 65.5 Å². The van der Waals surface area contributed by atoms with Crippen molar-refractivity contribution in [2.45, 2.75) is 6.54 Å². The quantitative estimate of drug-likeness (QED) is 0.576. The molecule has 0 unspecified atom stereocenters. The number of rotatable bonds is 7. The van der Waals surface area contributed by atoms with Crippen molar-refractivity contribution >= 4 is 11.5 Å². The van der Waals surface area contributed by atoms with Crippen LogP contribution in [0.5, 0.6) is 5.75 Å². The van der Waals surface area contributed by atoms with Crippen LogP contribution in [0.1, 0.15) is 16.1 Å². The van der Waals surface area contributed by atoms with E-state index in [0.717, 1.165) is 44.2 Å². The van der Waals surface area contributed by atoms with Crippen molar-refractivity contribution in [3.63, 3.8) is 0 Å². The second kappa shape index (κ2) is 8.87. The number of nitrogens with zero attached hydrogens (tertiary/aromatic N) is 5. The zero-order chi connectivity index (χ0) is 20.1. The van der Waals surface area contributed by atoms with Gasteiger partial charge in [-0.3, -0.25) is 14.4 Å². The first-order chi connectivity index (χ1) is 14.2. The Bertz CT molecular complexity index is 949. The normalized spacial score (nSPS) is 14.7. The molecule has 0 amide bonds. The van der Waals surface area contributed by atoms with Crippen molar-refractivity contribution in [2.75, 3.05) is 44.7 Å². The van der Waals surface area contributed by atoms with E-state index in [9.17, 15) is 4.79 Å². The van der Waals surface area contributed by atoms with Gasteiger partial charge in [-0.2, -0.15) is 0 Å². The van der Waals surface area contributed by atoms with Crippen LogP contribution in [0, 0.1) is 0 Å². The van der Waals surface area contributed by atoms with Crippen molar-refractivity contribution in [3.8, 4) is 5.75 Å². The highest BCUT2D eigenvalue weighted by atomic mass is 16.5. The molecule has 0 spiro atoms. The van der Waals surface area contributed by atoms with Crippen molar-refractivity contribution < 1.29 is 9.53 Å². The maximum absolute atomic E-state index is 12.4. The van der Waals surface area contributed by atoms with Crippen LogP contribution in [0.3, 0.4) is 0 Å². The highest BCUT2D eigenvalue weighted by Gasteiger charge is 2.20. The number of hydrogen-bond donors (Lipinski definition) is 0. The molecular formula is C22H25N5O2. The van der Waals surface area contributed by atoms with Crippen LogP contribution in [0.25, 0.3) is 0 Å². The average molecular weight is 391 g/mol. The summed E-state index contributed by atoms with van der Waals surface area (Å²) in [5.74, 6) is 0.821. The largest absolute Gasteiger partial charge is 0.495 e. The number of ether oxygens (including phenoxy) is 1. The molecule has 150 valence electrons. The molecule has 4 rings (SSSR count). The average Bonchev–Trinajstić information content (AvgIpc) is 3.27. The van der Waals surface area contributed by atoms with E-state index in [1.54, 1.807) is 30.1 Å². The number of benzene rings is 2. The van der Waals surface area contributed by atoms with Gasteiger partial charge in [0.15, 0.2) is 5.69 Å². The van der Waals surface area contributed by atoms with Crippen LogP contribution in [0.15, 0.2) is 60.8 Å². The number of carbonyl (C=O) groups is 1. The molecule has 1 aliphatic rings. The van der Waals surface area contributed by atoms with Gasteiger partial charge in [0.2, 0.25) is 5.78 Å². The van der Waals surface area contributed by atoms with E-state index in [0.29, 0.717) is 17.8 Å². The third-order valence-electron chi connectivity index (χ3n) is 5.25. The molecule has 2 heterocycles. The van der Waals surface area contributed by atoms with E-state index in [-0.39, 0.29) is 5.78 Å². The topological polar surface area (TPSA) is 63.5 Å². The van der Waals surface area contributed by atoms with E-state index in [4.69, 9.17) is 4.74 Å². The number of ketones is 1. The Morgan fingerprint density at radius 3 is 2.45 bits per heavy atom. The van der Waals surface area contributed by atoms with Crippen LogP contribution in [0.2, 0.25) is 0 Å². The van der Waals surface area contributed by atoms with E-state index >= 15 is 0 Å². The molecule has 1 aromatic heterocycles. The second-order valence-electron chi connectivity index (χ2n) is 7.06. The first kappa shape index (κ1) is 19.1. The maximum Gasteiger partial charge on any atom is 0.214 e. The van der Waals surface area contributed by atoms with Gasteiger partial charge in [-0.05, 0) is 12.1 Å². The summed E-state index contributed by atoms with van der Waals surface area (Å²) in [4.78, 5) is 17.2. The SMILES string of the molecule is COc1ccccc1N1CCN(CCn2cc(C(=O)c3ccccc3)nn2)CC1. The molecule has 1 aliphatic heterocycles. The lowest BCUT2D eigenvalue weighted by Crippen LogP contribution is -2.47. The Morgan fingerprint density at radius 2 is 1.69 bits per heavy atom. The summed E-state index contributed by atoms with van der Waals surface area (Å²) in [7, 11) is 1.71. The van der Waals surface area contributed by atoms with Gasteiger partial charge in [0, 0.05) is 38.3 Å². The molecule has 0 atom stereocenters. The molecule has 0 saturated carbocycles. The Balaban J connectivity index is 1.29. The predicted molar refractivity (Wildman–Crippen MR) is 112 cm³/mol.